The minimum atomic E-state index is -3.37. The highest BCUT2D eigenvalue weighted by atomic mass is 32.2. The summed E-state index contributed by atoms with van der Waals surface area (Å²) in [7, 11) is -3.37. The number of para-hydroxylation sites is 1. The first-order valence-electron chi connectivity index (χ1n) is 7.80. The van der Waals surface area contributed by atoms with Gasteiger partial charge in [-0.1, -0.05) is 42.5 Å². The number of carbonyl (C=O) groups is 1. The van der Waals surface area contributed by atoms with Crippen LogP contribution in [0, 0.1) is 0 Å². The Labute approximate surface area is 142 Å². The molecule has 0 saturated carbocycles. The Kier molecular flexibility index (Phi) is 4.32. The number of amides is 1. The van der Waals surface area contributed by atoms with E-state index in [0.717, 1.165) is 23.8 Å². The van der Waals surface area contributed by atoms with Gasteiger partial charge in [0, 0.05) is 0 Å². The van der Waals surface area contributed by atoms with E-state index in [1.807, 2.05) is 43.3 Å². The van der Waals surface area contributed by atoms with Crippen LogP contribution in [-0.4, -0.2) is 20.6 Å². The van der Waals surface area contributed by atoms with Gasteiger partial charge in [-0.2, -0.15) is 0 Å². The number of nitrogens with one attached hydrogen (secondary N) is 2. The van der Waals surface area contributed by atoms with Gasteiger partial charge in [-0.25, -0.2) is 8.42 Å². The van der Waals surface area contributed by atoms with Gasteiger partial charge >= 0.3 is 0 Å². The predicted octanol–water partition coefficient (Wildman–Crippen LogP) is 2.58. The number of carbonyl (C=O) groups excluding carboxylic acids is 1. The van der Waals surface area contributed by atoms with Gasteiger partial charge in [-0.05, 0) is 36.1 Å². The van der Waals surface area contributed by atoms with Gasteiger partial charge in [0.25, 0.3) is 0 Å². The molecular formula is C18H20N2O3S. The van der Waals surface area contributed by atoms with Gasteiger partial charge in [0.15, 0.2) is 0 Å². The number of sulfonamides is 1. The molecular weight excluding hydrogens is 324 g/mol. The molecule has 1 aliphatic rings. The van der Waals surface area contributed by atoms with E-state index in [1.165, 1.54) is 5.56 Å². The Morgan fingerprint density at radius 1 is 1.12 bits per heavy atom. The van der Waals surface area contributed by atoms with Crippen LogP contribution in [-0.2, 0) is 21.2 Å². The number of rotatable bonds is 5. The van der Waals surface area contributed by atoms with Crippen LogP contribution >= 0.6 is 0 Å². The highest BCUT2D eigenvalue weighted by molar-refractivity contribution is 7.92. The van der Waals surface area contributed by atoms with Gasteiger partial charge in [0.2, 0.25) is 15.9 Å². The highest BCUT2D eigenvalue weighted by Crippen LogP contribution is 2.35. The van der Waals surface area contributed by atoms with Crippen molar-refractivity contribution in [2.24, 2.45) is 0 Å². The van der Waals surface area contributed by atoms with Crippen LogP contribution in [0.4, 0.5) is 5.69 Å². The van der Waals surface area contributed by atoms with Crippen molar-refractivity contribution in [3.63, 3.8) is 0 Å². The molecule has 0 bridgehead atoms. The predicted molar refractivity (Wildman–Crippen MR) is 94.4 cm³/mol. The lowest BCUT2D eigenvalue weighted by molar-refractivity contribution is -0.123. The average Bonchev–Trinajstić information content (AvgIpc) is 2.47. The standard InChI is InChI=1S/C18H20N2O3S/c1-12(14-8-5-6-10-17(14)20-24(2,22)23)19-18(21)16-11-13-7-3-4-9-15(13)16/h3-10,12,16,20H,11H2,1-2H3,(H,19,21)/t12-,16+/m0/s1. The van der Waals surface area contributed by atoms with Crippen molar-refractivity contribution >= 4 is 21.6 Å². The summed E-state index contributed by atoms with van der Waals surface area (Å²) < 4.78 is 25.5. The van der Waals surface area contributed by atoms with Crippen molar-refractivity contribution < 1.29 is 13.2 Å². The van der Waals surface area contributed by atoms with E-state index >= 15 is 0 Å². The zero-order valence-electron chi connectivity index (χ0n) is 13.6. The Bertz CT molecular complexity index is 877. The topological polar surface area (TPSA) is 75.3 Å². The highest BCUT2D eigenvalue weighted by Gasteiger charge is 2.32. The van der Waals surface area contributed by atoms with Crippen molar-refractivity contribution in [2.45, 2.75) is 25.3 Å². The zero-order valence-corrected chi connectivity index (χ0v) is 14.4. The Morgan fingerprint density at radius 3 is 2.50 bits per heavy atom. The lowest BCUT2D eigenvalue weighted by Crippen LogP contribution is -2.37. The number of hydrogen-bond acceptors (Lipinski definition) is 3. The van der Waals surface area contributed by atoms with E-state index in [-0.39, 0.29) is 17.9 Å². The molecule has 1 amide bonds. The molecule has 0 aliphatic heterocycles. The summed E-state index contributed by atoms with van der Waals surface area (Å²) in [5.74, 6) is -0.158. The van der Waals surface area contributed by atoms with Gasteiger partial charge < -0.3 is 5.32 Å². The molecule has 6 heteroatoms. The maximum absolute atomic E-state index is 12.5. The van der Waals surface area contributed by atoms with Crippen molar-refractivity contribution in [1.29, 1.82) is 0 Å². The van der Waals surface area contributed by atoms with Gasteiger partial charge in [0.05, 0.1) is 23.9 Å². The SMILES string of the molecule is C[C@H](NC(=O)[C@@H]1Cc2ccccc21)c1ccccc1NS(C)(=O)=O. The third-order valence-corrected chi connectivity index (χ3v) is 4.84. The van der Waals surface area contributed by atoms with Crippen molar-refractivity contribution in [3.05, 3.63) is 65.2 Å². The van der Waals surface area contributed by atoms with Crippen LogP contribution in [0.15, 0.2) is 48.5 Å². The Hall–Kier alpha value is -2.34. The molecule has 2 N–H and O–H groups in total. The summed E-state index contributed by atoms with van der Waals surface area (Å²) in [5.41, 5.74) is 3.51. The first kappa shape index (κ1) is 16.5. The van der Waals surface area contributed by atoms with Crippen LogP contribution in [0.25, 0.3) is 0 Å². The number of anilines is 1. The van der Waals surface area contributed by atoms with E-state index in [1.54, 1.807) is 12.1 Å². The monoisotopic (exact) mass is 344 g/mol. The van der Waals surface area contributed by atoms with Crippen LogP contribution in [0.2, 0.25) is 0 Å². The maximum Gasteiger partial charge on any atom is 0.229 e. The summed E-state index contributed by atoms with van der Waals surface area (Å²) in [6.45, 7) is 1.85. The summed E-state index contributed by atoms with van der Waals surface area (Å²) in [4.78, 5) is 12.5. The molecule has 5 nitrogen and oxygen atoms in total. The fourth-order valence-electron chi connectivity index (χ4n) is 3.05. The van der Waals surface area contributed by atoms with Gasteiger partial charge in [0.1, 0.15) is 0 Å². The zero-order chi connectivity index (χ0) is 17.3. The molecule has 2 aromatic carbocycles. The van der Waals surface area contributed by atoms with Crippen molar-refractivity contribution in [1.82, 2.24) is 5.32 Å². The molecule has 24 heavy (non-hydrogen) atoms. The van der Waals surface area contributed by atoms with Crippen LogP contribution < -0.4 is 10.0 Å². The Morgan fingerprint density at radius 2 is 1.79 bits per heavy atom. The minimum absolute atomic E-state index is 0.0321. The summed E-state index contributed by atoms with van der Waals surface area (Å²) in [5, 5.41) is 2.99. The normalized spacial score (nSPS) is 17.3. The van der Waals surface area contributed by atoms with E-state index in [9.17, 15) is 13.2 Å². The largest absolute Gasteiger partial charge is 0.349 e. The van der Waals surface area contributed by atoms with Crippen LogP contribution in [0.1, 0.15) is 35.6 Å². The van der Waals surface area contributed by atoms with Crippen LogP contribution in [0.3, 0.4) is 0 Å². The van der Waals surface area contributed by atoms with E-state index < -0.39 is 10.0 Å². The fourth-order valence-corrected chi connectivity index (χ4v) is 3.64. The molecule has 0 saturated heterocycles. The molecule has 0 spiro atoms. The molecule has 0 radical (unpaired) electrons. The smallest absolute Gasteiger partial charge is 0.229 e. The minimum Gasteiger partial charge on any atom is -0.349 e. The molecule has 0 unspecified atom stereocenters. The lowest BCUT2D eigenvalue weighted by Gasteiger charge is -2.30. The molecule has 3 rings (SSSR count). The van der Waals surface area contributed by atoms with Gasteiger partial charge in [-0.15, -0.1) is 0 Å². The fraction of sp³-hybridized carbons (Fsp3) is 0.278. The second-order valence-electron chi connectivity index (χ2n) is 6.15. The number of benzene rings is 2. The van der Waals surface area contributed by atoms with Crippen LogP contribution in [0.5, 0.6) is 0 Å². The molecule has 0 heterocycles. The average molecular weight is 344 g/mol. The second kappa shape index (κ2) is 6.28. The third-order valence-electron chi connectivity index (χ3n) is 4.25. The maximum atomic E-state index is 12.5. The van der Waals surface area contributed by atoms with E-state index in [4.69, 9.17) is 0 Å². The number of hydrogen-bond donors (Lipinski definition) is 2. The first-order valence-corrected chi connectivity index (χ1v) is 9.69. The second-order valence-corrected chi connectivity index (χ2v) is 7.90. The van der Waals surface area contributed by atoms with Crippen molar-refractivity contribution in [2.75, 3.05) is 11.0 Å². The molecule has 0 fully saturated rings. The molecule has 0 aromatic heterocycles. The number of fused-ring (bicyclic) bond motifs is 1. The lowest BCUT2D eigenvalue weighted by atomic mass is 9.77. The summed E-state index contributed by atoms with van der Waals surface area (Å²) in [6, 6.07) is 14.7. The molecule has 126 valence electrons. The molecule has 2 aromatic rings. The van der Waals surface area contributed by atoms with E-state index in [2.05, 4.69) is 10.0 Å². The van der Waals surface area contributed by atoms with E-state index in [0.29, 0.717) is 5.69 Å². The summed E-state index contributed by atoms with van der Waals surface area (Å²) in [6.07, 6.45) is 1.86. The molecule has 2 atom stereocenters. The van der Waals surface area contributed by atoms with Crippen molar-refractivity contribution in [3.8, 4) is 0 Å². The first-order chi connectivity index (χ1) is 11.3. The quantitative estimate of drug-likeness (QED) is 0.875. The third kappa shape index (κ3) is 3.43. The summed E-state index contributed by atoms with van der Waals surface area (Å²) >= 11 is 0. The molecule has 1 aliphatic carbocycles. The Balaban J connectivity index is 1.74. The van der Waals surface area contributed by atoms with Gasteiger partial charge in [-0.3, -0.25) is 9.52 Å².